The maximum atomic E-state index is 13.5. The van der Waals surface area contributed by atoms with Gasteiger partial charge in [0.05, 0.1) is 0 Å². The van der Waals surface area contributed by atoms with Gasteiger partial charge in [-0.3, -0.25) is 0 Å². The van der Waals surface area contributed by atoms with Gasteiger partial charge < -0.3 is 10.5 Å². The molecule has 0 saturated heterocycles. The molecule has 0 aliphatic carbocycles. The van der Waals surface area contributed by atoms with Crippen molar-refractivity contribution in [2.75, 3.05) is 12.8 Å². The Kier molecular flexibility index (Phi) is 4.15. The first-order valence-corrected chi connectivity index (χ1v) is 7.59. The van der Waals surface area contributed by atoms with Gasteiger partial charge in [-0.15, -0.1) is 0 Å². The molecule has 0 spiro atoms. The van der Waals surface area contributed by atoms with E-state index in [-0.39, 0.29) is 22.1 Å². The Labute approximate surface area is 122 Å². The van der Waals surface area contributed by atoms with Crippen LogP contribution in [0.2, 0.25) is 0 Å². The normalized spacial score (nSPS) is 11.4. The first-order chi connectivity index (χ1) is 9.83. The van der Waals surface area contributed by atoms with Gasteiger partial charge in [-0.05, 0) is 43.8 Å². The molecule has 2 aromatic rings. The van der Waals surface area contributed by atoms with Crippen LogP contribution in [0.4, 0.5) is 10.1 Å². The van der Waals surface area contributed by atoms with Gasteiger partial charge in [0.15, 0.2) is 0 Å². The Morgan fingerprint density at radius 3 is 2.52 bits per heavy atom. The van der Waals surface area contributed by atoms with E-state index in [2.05, 4.69) is 4.72 Å². The maximum Gasteiger partial charge on any atom is 0.244 e. The molecule has 0 bridgehead atoms. The third-order valence-electron chi connectivity index (χ3n) is 2.90. The lowest BCUT2D eigenvalue weighted by Crippen LogP contribution is -2.19. The summed E-state index contributed by atoms with van der Waals surface area (Å²) in [6.45, 7) is 1.62. The molecule has 0 fully saturated rings. The van der Waals surface area contributed by atoms with E-state index >= 15 is 0 Å². The van der Waals surface area contributed by atoms with E-state index in [1.54, 1.807) is 19.1 Å². The fourth-order valence-corrected chi connectivity index (χ4v) is 2.58. The number of anilines is 1. The zero-order valence-electron chi connectivity index (χ0n) is 11.6. The fourth-order valence-electron chi connectivity index (χ4n) is 1.69. The Bertz CT molecular complexity index is 776. The van der Waals surface area contributed by atoms with Crippen LogP contribution in [-0.2, 0) is 10.0 Å². The van der Waals surface area contributed by atoms with Crippen molar-refractivity contribution in [1.82, 2.24) is 4.72 Å². The zero-order chi connectivity index (χ0) is 15.6. The first kappa shape index (κ1) is 15.3. The van der Waals surface area contributed by atoms with E-state index in [0.29, 0.717) is 5.56 Å². The average Bonchev–Trinajstić information content (AvgIpc) is 2.44. The summed E-state index contributed by atoms with van der Waals surface area (Å²) in [5.41, 5.74) is 6.37. The lowest BCUT2D eigenvalue weighted by atomic mass is 10.2. The van der Waals surface area contributed by atoms with Crippen LogP contribution in [-0.4, -0.2) is 15.5 Å². The van der Waals surface area contributed by atoms with E-state index in [1.807, 2.05) is 0 Å². The maximum absolute atomic E-state index is 13.5. The van der Waals surface area contributed by atoms with Crippen LogP contribution < -0.4 is 15.2 Å². The van der Waals surface area contributed by atoms with Gasteiger partial charge in [0.2, 0.25) is 10.0 Å². The Morgan fingerprint density at radius 2 is 1.90 bits per heavy atom. The summed E-state index contributed by atoms with van der Waals surface area (Å²) in [6.07, 6.45) is 0. The van der Waals surface area contributed by atoms with Crippen molar-refractivity contribution in [3.8, 4) is 11.5 Å². The highest BCUT2D eigenvalue weighted by Gasteiger charge is 2.19. The monoisotopic (exact) mass is 310 g/mol. The van der Waals surface area contributed by atoms with Crippen LogP contribution in [0.15, 0.2) is 41.3 Å². The molecule has 5 nitrogen and oxygen atoms in total. The smallest absolute Gasteiger partial charge is 0.244 e. The topological polar surface area (TPSA) is 81.4 Å². The highest BCUT2D eigenvalue weighted by molar-refractivity contribution is 7.89. The molecule has 0 aromatic heterocycles. The number of nitrogen functional groups attached to an aromatic ring is 1. The van der Waals surface area contributed by atoms with Crippen molar-refractivity contribution in [2.24, 2.45) is 0 Å². The van der Waals surface area contributed by atoms with Crippen molar-refractivity contribution in [2.45, 2.75) is 11.8 Å². The molecule has 0 aliphatic rings. The standard InChI is InChI=1S/C14H15FN2O3S/c1-9-3-5-11(8-12(9)15)20-13-6-4-10(16)7-14(13)21(18,19)17-2/h3-8,17H,16H2,1-2H3. The highest BCUT2D eigenvalue weighted by Crippen LogP contribution is 2.31. The molecule has 0 atom stereocenters. The molecular formula is C14H15FN2O3S. The number of ether oxygens (including phenoxy) is 1. The van der Waals surface area contributed by atoms with Gasteiger partial charge in [0.1, 0.15) is 22.2 Å². The lowest BCUT2D eigenvalue weighted by molar-refractivity contribution is 0.461. The van der Waals surface area contributed by atoms with Crippen molar-refractivity contribution in [3.05, 3.63) is 47.8 Å². The third-order valence-corrected chi connectivity index (χ3v) is 4.33. The van der Waals surface area contributed by atoms with E-state index in [0.717, 1.165) is 0 Å². The largest absolute Gasteiger partial charge is 0.456 e. The molecule has 2 aromatic carbocycles. The lowest BCUT2D eigenvalue weighted by Gasteiger charge is -2.12. The highest BCUT2D eigenvalue weighted by atomic mass is 32.2. The van der Waals surface area contributed by atoms with E-state index in [4.69, 9.17) is 10.5 Å². The molecular weight excluding hydrogens is 295 g/mol. The van der Waals surface area contributed by atoms with Crippen LogP contribution in [0.1, 0.15) is 5.56 Å². The summed E-state index contributed by atoms with van der Waals surface area (Å²) >= 11 is 0. The predicted octanol–water partition coefficient (Wildman–Crippen LogP) is 2.42. The molecule has 0 saturated carbocycles. The number of hydrogen-bond acceptors (Lipinski definition) is 4. The van der Waals surface area contributed by atoms with Crippen LogP contribution in [0, 0.1) is 12.7 Å². The Balaban J connectivity index is 2.47. The number of benzene rings is 2. The minimum atomic E-state index is -3.74. The van der Waals surface area contributed by atoms with Crippen LogP contribution in [0.3, 0.4) is 0 Å². The summed E-state index contributed by atoms with van der Waals surface area (Å²) in [6, 6.07) is 8.53. The van der Waals surface area contributed by atoms with Crippen molar-refractivity contribution in [1.29, 1.82) is 0 Å². The second kappa shape index (κ2) is 5.71. The summed E-state index contributed by atoms with van der Waals surface area (Å²) < 4.78 is 45.1. The van der Waals surface area contributed by atoms with Gasteiger partial charge >= 0.3 is 0 Å². The van der Waals surface area contributed by atoms with Crippen LogP contribution in [0.5, 0.6) is 11.5 Å². The molecule has 0 amide bonds. The predicted molar refractivity (Wildman–Crippen MR) is 78.3 cm³/mol. The molecule has 0 heterocycles. The van der Waals surface area contributed by atoms with E-state index in [1.165, 1.54) is 31.3 Å². The third kappa shape index (κ3) is 3.32. The van der Waals surface area contributed by atoms with Gasteiger partial charge in [-0.1, -0.05) is 6.07 Å². The van der Waals surface area contributed by atoms with Gasteiger partial charge in [-0.25, -0.2) is 17.5 Å². The number of sulfonamides is 1. The van der Waals surface area contributed by atoms with Gasteiger partial charge in [0, 0.05) is 11.8 Å². The summed E-state index contributed by atoms with van der Waals surface area (Å²) in [4.78, 5) is -0.106. The zero-order valence-corrected chi connectivity index (χ0v) is 12.4. The molecule has 0 aliphatic heterocycles. The minimum absolute atomic E-state index is 0.0711. The number of hydrogen-bond donors (Lipinski definition) is 2. The molecule has 0 unspecified atom stereocenters. The Morgan fingerprint density at radius 1 is 1.19 bits per heavy atom. The van der Waals surface area contributed by atoms with Crippen molar-refractivity contribution < 1.29 is 17.5 Å². The quantitative estimate of drug-likeness (QED) is 0.850. The van der Waals surface area contributed by atoms with Crippen molar-refractivity contribution in [3.63, 3.8) is 0 Å². The summed E-state index contributed by atoms with van der Waals surface area (Å²) in [7, 11) is -2.45. The Hall–Kier alpha value is -2.12. The number of halogens is 1. The second-order valence-electron chi connectivity index (χ2n) is 4.43. The molecule has 21 heavy (non-hydrogen) atoms. The molecule has 2 rings (SSSR count). The molecule has 0 radical (unpaired) electrons. The molecule has 7 heteroatoms. The summed E-state index contributed by atoms with van der Waals surface area (Å²) in [5.74, 6) is -0.154. The average molecular weight is 310 g/mol. The van der Waals surface area contributed by atoms with E-state index < -0.39 is 15.8 Å². The second-order valence-corrected chi connectivity index (χ2v) is 6.28. The van der Waals surface area contributed by atoms with E-state index in [9.17, 15) is 12.8 Å². The SMILES string of the molecule is CNS(=O)(=O)c1cc(N)ccc1Oc1ccc(C)c(F)c1. The van der Waals surface area contributed by atoms with Crippen molar-refractivity contribution >= 4 is 15.7 Å². The van der Waals surface area contributed by atoms with Crippen LogP contribution in [0.25, 0.3) is 0 Å². The molecule has 112 valence electrons. The fraction of sp³-hybridized carbons (Fsp3) is 0.143. The number of nitrogens with two attached hydrogens (primary N) is 1. The summed E-state index contributed by atoms with van der Waals surface area (Å²) in [5, 5.41) is 0. The van der Waals surface area contributed by atoms with Crippen LogP contribution >= 0.6 is 0 Å². The number of nitrogens with one attached hydrogen (secondary N) is 1. The minimum Gasteiger partial charge on any atom is -0.456 e. The first-order valence-electron chi connectivity index (χ1n) is 6.10. The van der Waals surface area contributed by atoms with Gasteiger partial charge in [0.25, 0.3) is 0 Å². The number of aryl methyl sites for hydroxylation is 1. The molecule has 3 N–H and O–H groups in total. The van der Waals surface area contributed by atoms with Gasteiger partial charge in [-0.2, -0.15) is 0 Å². The number of rotatable bonds is 4.